The number of aliphatic hydroxyl groups is 1. The third-order valence-corrected chi connectivity index (χ3v) is 5.28. The zero-order chi connectivity index (χ0) is 22.2. The van der Waals surface area contributed by atoms with E-state index in [1.165, 1.54) is 24.3 Å². The summed E-state index contributed by atoms with van der Waals surface area (Å²) in [5, 5.41) is 10.8. The monoisotopic (exact) mass is 425 g/mol. The van der Waals surface area contributed by atoms with E-state index >= 15 is 0 Å². The molecule has 3 rings (SSSR count). The summed E-state index contributed by atoms with van der Waals surface area (Å²) in [6.07, 6.45) is -0.308. The molecule has 0 aliphatic carbocycles. The second-order valence-electron chi connectivity index (χ2n) is 7.32. The summed E-state index contributed by atoms with van der Waals surface area (Å²) >= 11 is 0. The van der Waals surface area contributed by atoms with Crippen LogP contribution in [-0.4, -0.2) is 38.1 Å². The van der Waals surface area contributed by atoms with Crippen molar-refractivity contribution in [3.63, 3.8) is 0 Å². The van der Waals surface area contributed by atoms with Crippen LogP contribution in [0.2, 0.25) is 0 Å². The van der Waals surface area contributed by atoms with Gasteiger partial charge in [-0.2, -0.15) is 0 Å². The van der Waals surface area contributed by atoms with Gasteiger partial charge in [0.15, 0.2) is 11.5 Å². The number of hydrogen-bond donors (Lipinski definition) is 2. The first-order chi connectivity index (χ1) is 15.0. The minimum Gasteiger partial charge on any atom is -0.493 e. The van der Waals surface area contributed by atoms with Crippen LogP contribution < -0.4 is 19.9 Å². The van der Waals surface area contributed by atoms with Gasteiger partial charge in [-0.3, -0.25) is 0 Å². The molecule has 3 N–H and O–H groups in total. The van der Waals surface area contributed by atoms with Crippen molar-refractivity contribution in [1.29, 1.82) is 0 Å². The Labute approximate surface area is 182 Å². The number of aliphatic hydroxyl groups excluding tert-OH is 1. The molecule has 0 aliphatic rings. The van der Waals surface area contributed by atoms with Crippen molar-refractivity contribution in [1.82, 2.24) is 0 Å². The van der Waals surface area contributed by atoms with Crippen LogP contribution in [0.25, 0.3) is 0 Å². The maximum Gasteiger partial charge on any atom is 0.160 e. The van der Waals surface area contributed by atoms with Crippen LogP contribution in [0.4, 0.5) is 4.39 Å². The fourth-order valence-electron chi connectivity index (χ4n) is 3.52. The number of ether oxygens (including phenoxy) is 3. The number of halogens is 1. The summed E-state index contributed by atoms with van der Waals surface area (Å²) in [5.74, 6) is 1.15. The standard InChI is InChI=1S/C25H28FNO4/c1-29-23-13-8-18(15-24(23)30-2)21(14-17-6-4-3-5-7-17)25(27)22(28)16-31-20-11-9-19(26)10-12-20/h3-13,15,21-22,25,28H,14,16,27H2,1-2H3. The Hall–Kier alpha value is -3.09. The molecule has 0 saturated carbocycles. The summed E-state index contributed by atoms with van der Waals surface area (Å²) in [4.78, 5) is 0. The third kappa shape index (κ3) is 5.96. The summed E-state index contributed by atoms with van der Waals surface area (Å²) in [5.41, 5.74) is 8.56. The zero-order valence-corrected chi connectivity index (χ0v) is 17.7. The van der Waals surface area contributed by atoms with Crippen molar-refractivity contribution in [2.24, 2.45) is 5.73 Å². The topological polar surface area (TPSA) is 73.9 Å². The molecule has 0 fully saturated rings. The van der Waals surface area contributed by atoms with Crippen molar-refractivity contribution >= 4 is 0 Å². The van der Waals surface area contributed by atoms with E-state index < -0.39 is 12.1 Å². The van der Waals surface area contributed by atoms with E-state index in [9.17, 15) is 9.50 Å². The first-order valence-electron chi connectivity index (χ1n) is 10.1. The van der Waals surface area contributed by atoms with Gasteiger partial charge >= 0.3 is 0 Å². The van der Waals surface area contributed by atoms with Crippen LogP contribution in [0, 0.1) is 5.82 Å². The summed E-state index contributed by atoms with van der Waals surface area (Å²) < 4.78 is 29.5. The van der Waals surface area contributed by atoms with E-state index in [-0.39, 0.29) is 18.3 Å². The Morgan fingerprint density at radius 2 is 1.58 bits per heavy atom. The molecular weight excluding hydrogens is 397 g/mol. The zero-order valence-electron chi connectivity index (χ0n) is 17.7. The van der Waals surface area contributed by atoms with Crippen LogP contribution in [0.3, 0.4) is 0 Å². The molecule has 5 nitrogen and oxygen atoms in total. The molecule has 0 bridgehead atoms. The van der Waals surface area contributed by atoms with E-state index in [1.54, 1.807) is 14.2 Å². The van der Waals surface area contributed by atoms with Gasteiger partial charge in [0.1, 0.15) is 24.3 Å². The smallest absolute Gasteiger partial charge is 0.160 e. The number of rotatable bonds is 10. The lowest BCUT2D eigenvalue weighted by molar-refractivity contribution is 0.0765. The van der Waals surface area contributed by atoms with Crippen molar-refractivity contribution in [2.45, 2.75) is 24.5 Å². The van der Waals surface area contributed by atoms with Crippen molar-refractivity contribution in [3.05, 3.63) is 89.7 Å². The average Bonchev–Trinajstić information content (AvgIpc) is 2.81. The molecule has 0 aliphatic heterocycles. The molecule has 0 spiro atoms. The quantitative estimate of drug-likeness (QED) is 0.515. The van der Waals surface area contributed by atoms with Gasteiger partial charge in [-0.05, 0) is 53.9 Å². The molecule has 6 heteroatoms. The maximum absolute atomic E-state index is 13.1. The van der Waals surface area contributed by atoms with Crippen LogP contribution >= 0.6 is 0 Å². The molecule has 0 amide bonds. The number of nitrogens with two attached hydrogens (primary N) is 1. The molecule has 3 atom stereocenters. The Morgan fingerprint density at radius 3 is 2.23 bits per heavy atom. The predicted molar refractivity (Wildman–Crippen MR) is 118 cm³/mol. The van der Waals surface area contributed by atoms with Gasteiger partial charge in [0.2, 0.25) is 0 Å². The minimum atomic E-state index is -0.938. The van der Waals surface area contributed by atoms with E-state index in [2.05, 4.69) is 0 Å². The van der Waals surface area contributed by atoms with Crippen LogP contribution in [0.5, 0.6) is 17.2 Å². The summed E-state index contributed by atoms with van der Waals surface area (Å²) in [7, 11) is 3.17. The molecule has 0 heterocycles. The average molecular weight is 426 g/mol. The number of methoxy groups -OCH3 is 2. The summed E-state index contributed by atoms with van der Waals surface area (Å²) in [6, 6.07) is 20.7. The molecule has 3 aromatic carbocycles. The maximum atomic E-state index is 13.1. The van der Waals surface area contributed by atoms with E-state index in [0.717, 1.165) is 11.1 Å². The van der Waals surface area contributed by atoms with Crippen LogP contribution in [0.15, 0.2) is 72.8 Å². The van der Waals surface area contributed by atoms with Crippen molar-refractivity contribution < 1.29 is 23.7 Å². The van der Waals surface area contributed by atoms with Gasteiger partial charge in [0.05, 0.1) is 14.2 Å². The van der Waals surface area contributed by atoms with E-state index in [4.69, 9.17) is 19.9 Å². The van der Waals surface area contributed by atoms with Crippen molar-refractivity contribution in [3.8, 4) is 17.2 Å². The number of benzene rings is 3. The van der Waals surface area contributed by atoms with Gasteiger partial charge in [-0.1, -0.05) is 36.4 Å². The van der Waals surface area contributed by atoms with Gasteiger partial charge < -0.3 is 25.1 Å². The molecule has 31 heavy (non-hydrogen) atoms. The lowest BCUT2D eigenvalue weighted by Gasteiger charge is -2.29. The Kier molecular flexibility index (Phi) is 7.87. The second kappa shape index (κ2) is 10.8. The van der Waals surface area contributed by atoms with Crippen LogP contribution in [0.1, 0.15) is 17.0 Å². The fourth-order valence-corrected chi connectivity index (χ4v) is 3.52. The number of hydrogen-bond acceptors (Lipinski definition) is 5. The molecular formula is C25H28FNO4. The Morgan fingerprint density at radius 1 is 0.903 bits per heavy atom. The van der Waals surface area contributed by atoms with Crippen molar-refractivity contribution in [2.75, 3.05) is 20.8 Å². The largest absolute Gasteiger partial charge is 0.493 e. The molecule has 3 aromatic rings. The lowest BCUT2D eigenvalue weighted by atomic mass is 9.83. The van der Waals surface area contributed by atoms with E-state index in [1.807, 2.05) is 48.5 Å². The molecule has 0 saturated heterocycles. The molecule has 0 radical (unpaired) electrons. The summed E-state index contributed by atoms with van der Waals surface area (Å²) in [6.45, 7) is -0.00855. The molecule has 3 unspecified atom stereocenters. The highest BCUT2D eigenvalue weighted by Crippen LogP contribution is 2.33. The van der Waals surface area contributed by atoms with Gasteiger partial charge in [-0.15, -0.1) is 0 Å². The second-order valence-corrected chi connectivity index (χ2v) is 7.32. The highest BCUT2D eigenvalue weighted by atomic mass is 19.1. The highest BCUT2D eigenvalue weighted by Gasteiger charge is 2.28. The Bertz CT molecular complexity index is 949. The molecule has 164 valence electrons. The van der Waals surface area contributed by atoms with Gasteiger partial charge in [0.25, 0.3) is 0 Å². The van der Waals surface area contributed by atoms with Gasteiger partial charge in [-0.25, -0.2) is 4.39 Å². The highest BCUT2D eigenvalue weighted by molar-refractivity contribution is 5.44. The molecule has 0 aromatic heterocycles. The normalized spacial score (nSPS) is 13.8. The SMILES string of the molecule is COc1ccc(C(Cc2ccccc2)C(N)C(O)COc2ccc(F)cc2)cc1OC. The lowest BCUT2D eigenvalue weighted by Crippen LogP contribution is -2.44. The Balaban J connectivity index is 1.81. The minimum absolute atomic E-state index is 0.00855. The third-order valence-electron chi connectivity index (χ3n) is 5.28. The first kappa shape index (κ1) is 22.6. The van der Waals surface area contributed by atoms with Gasteiger partial charge in [0, 0.05) is 12.0 Å². The fraction of sp³-hybridized carbons (Fsp3) is 0.280. The first-order valence-corrected chi connectivity index (χ1v) is 10.1. The predicted octanol–water partition coefficient (Wildman–Crippen LogP) is 3.94. The van der Waals surface area contributed by atoms with Crippen LogP contribution in [-0.2, 0) is 6.42 Å². The van der Waals surface area contributed by atoms with E-state index in [0.29, 0.717) is 23.7 Å².